The van der Waals surface area contributed by atoms with Gasteiger partial charge in [-0.25, -0.2) is 4.79 Å². The first-order valence-corrected chi connectivity index (χ1v) is 11.7. The molecule has 4 rings (SSSR count). The van der Waals surface area contributed by atoms with Crippen molar-refractivity contribution < 1.29 is 24.2 Å². The summed E-state index contributed by atoms with van der Waals surface area (Å²) >= 11 is 3.43. The number of aliphatic carboxylic acids is 1. The molecule has 1 amide bonds. The van der Waals surface area contributed by atoms with Crippen LogP contribution in [0.1, 0.15) is 15.9 Å². The molecule has 1 aliphatic heterocycles. The zero-order chi connectivity index (χ0) is 24.8. The number of carboxylic acids is 1. The predicted molar refractivity (Wildman–Crippen MR) is 134 cm³/mol. The molecule has 0 saturated carbocycles. The van der Waals surface area contributed by atoms with Crippen LogP contribution < -0.4 is 19.3 Å². The van der Waals surface area contributed by atoms with Crippen molar-refractivity contribution in [3.05, 3.63) is 82.3 Å². The summed E-state index contributed by atoms with van der Waals surface area (Å²) in [7, 11) is 0. The highest BCUT2D eigenvalue weighted by Gasteiger charge is 2.24. The number of carboxylic acid groups (broad SMARTS) is 1. The first-order valence-electron chi connectivity index (χ1n) is 10.9. The fourth-order valence-electron chi connectivity index (χ4n) is 3.83. The maximum atomic E-state index is 13.5. The molecule has 1 aliphatic rings. The lowest BCUT2D eigenvalue weighted by atomic mass is 10.1. The Kier molecular flexibility index (Phi) is 7.53. The maximum absolute atomic E-state index is 13.5. The van der Waals surface area contributed by atoms with E-state index < -0.39 is 12.6 Å². The maximum Gasteiger partial charge on any atom is 0.341 e. The number of benzene rings is 3. The first kappa shape index (κ1) is 24.1. The van der Waals surface area contributed by atoms with Gasteiger partial charge in [0, 0.05) is 28.8 Å². The third-order valence-electron chi connectivity index (χ3n) is 5.47. The quantitative estimate of drug-likeness (QED) is 0.457. The Morgan fingerprint density at radius 3 is 2.66 bits per heavy atom. The van der Waals surface area contributed by atoms with Crippen molar-refractivity contribution in [3.8, 4) is 17.6 Å². The highest BCUT2D eigenvalue weighted by atomic mass is 79.9. The van der Waals surface area contributed by atoms with E-state index in [0.29, 0.717) is 48.9 Å². The lowest BCUT2D eigenvalue weighted by Gasteiger charge is -2.34. The van der Waals surface area contributed by atoms with Crippen LogP contribution in [0.15, 0.2) is 71.2 Å². The average molecular weight is 536 g/mol. The molecule has 0 radical (unpaired) electrons. The minimum atomic E-state index is -1.07. The van der Waals surface area contributed by atoms with Crippen molar-refractivity contribution >= 4 is 39.2 Å². The van der Waals surface area contributed by atoms with Crippen LogP contribution in [0, 0.1) is 11.3 Å². The van der Waals surface area contributed by atoms with Crippen molar-refractivity contribution in [1.29, 1.82) is 5.26 Å². The normalized spacial score (nSPS) is 12.2. The monoisotopic (exact) mass is 535 g/mol. The van der Waals surface area contributed by atoms with E-state index in [-0.39, 0.29) is 5.91 Å². The second-order valence-corrected chi connectivity index (χ2v) is 8.66. The van der Waals surface area contributed by atoms with Crippen molar-refractivity contribution in [2.75, 3.05) is 42.6 Å². The number of halogens is 1. The lowest BCUT2D eigenvalue weighted by molar-refractivity contribution is -0.139. The number of carbonyl (C=O) groups is 2. The molecule has 0 spiro atoms. The molecule has 0 bridgehead atoms. The van der Waals surface area contributed by atoms with E-state index in [1.54, 1.807) is 41.3 Å². The Hall–Kier alpha value is -4.03. The summed E-state index contributed by atoms with van der Waals surface area (Å²) in [5.41, 5.74) is 2.35. The molecule has 35 heavy (non-hydrogen) atoms. The predicted octanol–water partition coefficient (Wildman–Crippen LogP) is 4.33. The van der Waals surface area contributed by atoms with Crippen molar-refractivity contribution in [2.45, 2.75) is 0 Å². The highest BCUT2D eigenvalue weighted by molar-refractivity contribution is 9.10. The van der Waals surface area contributed by atoms with E-state index in [1.807, 2.05) is 30.3 Å². The molecule has 9 heteroatoms. The molecule has 0 aliphatic carbocycles. The van der Waals surface area contributed by atoms with Crippen molar-refractivity contribution in [1.82, 2.24) is 0 Å². The van der Waals surface area contributed by atoms with Crippen LogP contribution in [0.2, 0.25) is 0 Å². The van der Waals surface area contributed by atoms with Crippen molar-refractivity contribution in [2.24, 2.45) is 0 Å². The first-order chi connectivity index (χ1) is 17.0. The van der Waals surface area contributed by atoms with Gasteiger partial charge in [0.05, 0.1) is 23.9 Å². The van der Waals surface area contributed by atoms with Gasteiger partial charge in [-0.1, -0.05) is 28.1 Å². The number of anilines is 2. The summed E-state index contributed by atoms with van der Waals surface area (Å²) in [5.74, 6) is -0.428. The van der Waals surface area contributed by atoms with Gasteiger partial charge in [-0.15, -0.1) is 0 Å². The van der Waals surface area contributed by atoms with Gasteiger partial charge < -0.3 is 24.4 Å². The van der Waals surface area contributed by atoms with Gasteiger partial charge in [0.15, 0.2) is 18.1 Å². The minimum Gasteiger partial charge on any atom is -0.486 e. The second-order valence-electron chi connectivity index (χ2n) is 7.75. The number of fused-ring (bicyclic) bond motifs is 1. The summed E-state index contributed by atoms with van der Waals surface area (Å²) in [4.78, 5) is 28.2. The molecular formula is C26H22BrN3O5. The second kappa shape index (κ2) is 10.9. The van der Waals surface area contributed by atoms with E-state index in [4.69, 9.17) is 14.6 Å². The van der Waals surface area contributed by atoms with Crippen LogP contribution >= 0.6 is 15.9 Å². The van der Waals surface area contributed by atoms with Gasteiger partial charge in [-0.2, -0.15) is 5.26 Å². The molecule has 178 valence electrons. The molecule has 0 atom stereocenters. The van der Waals surface area contributed by atoms with Gasteiger partial charge in [0.25, 0.3) is 5.91 Å². The summed E-state index contributed by atoms with van der Waals surface area (Å²) in [6, 6.07) is 21.5. The molecule has 0 aromatic heterocycles. The fraction of sp³-hybridized carbons (Fsp3) is 0.192. The van der Waals surface area contributed by atoms with Gasteiger partial charge in [-0.3, -0.25) is 4.79 Å². The van der Waals surface area contributed by atoms with Crippen LogP contribution in [0.25, 0.3) is 0 Å². The van der Waals surface area contributed by atoms with Crippen LogP contribution in [0.4, 0.5) is 11.4 Å². The number of carbonyl (C=O) groups excluding carboxylic acids is 1. The number of amides is 1. The van der Waals surface area contributed by atoms with Crippen LogP contribution in [-0.4, -0.2) is 49.8 Å². The van der Waals surface area contributed by atoms with E-state index >= 15 is 0 Å². The molecule has 0 fully saturated rings. The number of rotatable bonds is 8. The van der Waals surface area contributed by atoms with Gasteiger partial charge in [0.2, 0.25) is 0 Å². The lowest BCUT2D eigenvalue weighted by Crippen LogP contribution is -2.42. The number of para-hydroxylation sites is 1. The van der Waals surface area contributed by atoms with Crippen LogP contribution in [0.5, 0.6) is 11.5 Å². The molecule has 8 nitrogen and oxygen atoms in total. The van der Waals surface area contributed by atoms with Gasteiger partial charge in [0.1, 0.15) is 6.61 Å². The smallest absolute Gasteiger partial charge is 0.341 e. The Morgan fingerprint density at radius 1 is 1.14 bits per heavy atom. The summed E-state index contributed by atoms with van der Waals surface area (Å²) in [5, 5.41) is 18.2. The molecule has 3 aromatic rings. The zero-order valence-electron chi connectivity index (χ0n) is 18.7. The standard InChI is InChI=1S/C26H22BrN3O5/c27-20-7-9-21(10-8-20)30(26(33)19-4-1-3-18(15-19)16-28)12-11-29-13-14-34-25-22(29)5-2-6-23(25)35-17-24(31)32/h1-10,15H,11-14,17H2,(H,31,32). The summed E-state index contributed by atoms with van der Waals surface area (Å²) in [6.07, 6.45) is 0. The fourth-order valence-corrected chi connectivity index (χ4v) is 4.09. The average Bonchev–Trinajstić information content (AvgIpc) is 2.88. The van der Waals surface area contributed by atoms with E-state index in [9.17, 15) is 14.9 Å². The number of hydrogen-bond donors (Lipinski definition) is 1. The molecule has 1 N–H and O–H groups in total. The number of ether oxygens (including phenoxy) is 2. The molecular weight excluding hydrogens is 514 g/mol. The van der Waals surface area contributed by atoms with Crippen LogP contribution in [-0.2, 0) is 4.79 Å². The molecule has 1 heterocycles. The zero-order valence-corrected chi connectivity index (χ0v) is 20.3. The third kappa shape index (κ3) is 5.73. The Labute approximate surface area is 211 Å². The Morgan fingerprint density at radius 2 is 1.91 bits per heavy atom. The van der Waals surface area contributed by atoms with Gasteiger partial charge >= 0.3 is 5.97 Å². The topological polar surface area (TPSA) is 103 Å². The largest absolute Gasteiger partial charge is 0.486 e. The molecule has 0 unspecified atom stereocenters. The van der Waals surface area contributed by atoms with Gasteiger partial charge in [-0.05, 0) is 54.6 Å². The summed E-state index contributed by atoms with van der Waals surface area (Å²) < 4.78 is 12.1. The molecule has 3 aromatic carbocycles. The Bertz CT molecular complexity index is 1270. The van der Waals surface area contributed by atoms with Crippen molar-refractivity contribution in [3.63, 3.8) is 0 Å². The molecule has 0 saturated heterocycles. The third-order valence-corrected chi connectivity index (χ3v) is 6.00. The van der Waals surface area contributed by atoms with Crippen LogP contribution in [0.3, 0.4) is 0 Å². The van der Waals surface area contributed by atoms with E-state index in [0.717, 1.165) is 15.8 Å². The number of nitrogens with zero attached hydrogens (tertiary/aromatic N) is 3. The minimum absolute atomic E-state index is 0.212. The summed E-state index contributed by atoms with van der Waals surface area (Å²) in [6.45, 7) is 1.40. The SMILES string of the molecule is N#Cc1cccc(C(=O)N(CCN2CCOc3c(OCC(=O)O)cccc32)c2ccc(Br)cc2)c1. The van der Waals surface area contributed by atoms with E-state index in [2.05, 4.69) is 26.9 Å². The number of hydrogen-bond acceptors (Lipinski definition) is 6. The Balaban J connectivity index is 1.59. The number of nitriles is 1. The van der Waals surface area contributed by atoms with E-state index in [1.165, 1.54) is 0 Å². The highest BCUT2D eigenvalue weighted by Crippen LogP contribution is 2.40.